The van der Waals surface area contributed by atoms with Crippen molar-refractivity contribution in [2.45, 2.75) is 11.6 Å². The summed E-state index contributed by atoms with van der Waals surface area (Å²) in [6.07, 6.45) is 0.628. The van der Waals surface area contributed by atoms with Gasteiger partial charge in [-0.3, -0.25) is 4.79 Å². The highest BCUT2D eigenvalue weighted by molar-refractivity contribution is 7.99. The maximum absolute atomic E-state index is 12.2. The summed E-state index contributed by atoms with van der Waals surface area (Å²) >= 11 is 19.3. The van der Waals surface area contributed by atoms with Crippen LogP contribution in [-0.2, 0) is 18.3 Å². The van der Waals surface area contributed by atoms with Crippen LogP contribution in [0.3, 0.4) is 0 Å². The van der Waals surface area contributed by atoms with E-state index in [2.05, 4.69) is 15.5 Å². The fourth-order valence-corrected chi connectivity index (χ4v) is 3.68. The molecule has 140 valence electrons. The largest absolute Gasteiger partial charge is 0.323 e. The minimum Gasteiger partial charge on any atom is -0.323 e. The molecule has 5 nitrogen and oxygen atoms in total. The van der Waals surface area contributed by atoms with E-state index in [1.165, 1.54) is 11.8 Å². The highest BCUT2D eigenvalue weighted by Crippen LogP contribution is 2.30. The van der Waals surface area contributed by atoms with Gasteiger partial charge in [-0.05, 0) is 29.8 Å². The minimum absolute atomic E-state index is 0.161. The number of nitrogens with zero attached hydrogens (tertiary/aromatic N) is 3. The van der Waals surface area contributed by atoms with Crippen molar-refractivity contribution in [1.29, 1.82) is 0 Å². The zero-order chi connectivity index (χ0) is 19.4. The average Bonchev–Trinajstić information content (AvgIpc) is 2.98. The molecule has 0 aliphatic heterocycles. The van der Waals surface area contributed by atoms with E-state index in [9.17, 15) is 4.79 Å². The topological polar surface area (TPSA) is 59.8 Å². The number of benzene rings is 2. The normalized spacial score (nSPS) is 10.8. The van der Waals surface area contributed by atoms with Crippen LogP contribution < -0.4 is 5.32 Å². The molecule has 0 spiro atoms. The molecule has 0 aliphatic carbocycles. The number of carbonyl (C=O) groups excluding carboxylic acids is 1. The molecule has 1 amide bonds. The highest BCUT2D eigenvalue weighted by atomic mass is 35.5. The summed E-state index contributed by atoms with van der Waals surface area (Å²) in [7, 11) is 1.87. The summed E-state index contributed by atoms with van der Waals surface area (Å²) < 4.78 is 1.87. The van der Waals surface area contributed by atoms with Crippen molar-refractivity contribution in [3.63, 3.8) is 0 Å². The summed E-state index contributed by atoms with van der Waals surface area (Å²) in [5.41, 5.74) is 1.49. The fraction of sp³-hybridized carbons (Fsp3) is 0.167. The van der Waals surface area contributed by atoms with Crippen molar-refractivity contribution in [1.82, 2.24) is 14.8 Å². The molecule has 2 aromatic carbocycles. The van der Waals surface area contributed by atoms with Gasteiger partial charge in [0.05, 0.1) is 21.5 Å². The summed E-state index contributed by atoms with van der Waals surface area (Å²) in [6.45, 7) is 0. The van der Waals surface area contributed by atoms with Gasteiger partial charge in [0.25, 0.3) is 0 Å². The molecule has 1 aromatic heterocycles. The first-order valence-corrected chi connectivity index (χ1v) is 10.1. The molecular weight excluding hydrogens is 427 g/mol. The predicted molar refractivity (Wildman–Crippen MR) is 111 cm³/mol. The number of carbonyl (C=O) groups is 1. The lowest BCUT2D eigenvalue weighted by Crippen LogP contribution is -2.15. The van der Waals surface area contributed by atoms with E-state index < -0.39 is 0 Å². The lowest BCUT2D eigenvalue weighted by molar-refractivity contribution is -0.113. The maximum atomic E-state index is 12.2. The molecular formula is C18H15Cl3N4OS. The average molecular weight is 442 g/mol. The molecule has 0 saturated carbocycles. The number of thioether (sulfide) groups is 1. The molecule has 1 heterocycles. The molecule has 9 heteroatoms. The maximum Gasteiger partial charge on any atom is 0.234 e. The van der Waals surface area contributed by atoms with Gasteiger partial charge in [-0.25, -0.2) is 0 Å². The van der Waals surface area contributed by atoms with Crippen LogP contribution >= 0.6 is 46.6 Å². The molecule has 0 aliphatic rings. The zero-order valence-corrected chi connectivity index (χ0v) is 17.3. The summed E-state index contributed by atoms with van der Waals surface area (Å²) in [5.74, 6) is 0.737. The van der Waals surface area contributed by atoms with Crippen LogP contribution in [0.5, 0.6) is 0 Å². The predicted octanol–water partition coefficient (Wildman–Crippen LogP) is 5.10. The number of rotatable bonds is 6. The number of anilines is 1. The third-order valence-corrected chi connectivity index (χ3v) is 5.66. The molecule has 0 fully saturated rings. The molecule has 0 radical (unpaired) electrons. The Hall–Kier alpha value is -1.73. The van der Waals surface area contributed by atoms with Crippen LogP contribution in [-0.4, -0.2) is 26.4 Å². The first-order chi connectivity index (χ1) is 12.9. The summed E-state index contributed by atoms with van der Waals surface area (Å²) in [4.78, 5) is 12.2. The number of hydrogen-bond donors (Lipinski definition) is 1. The van der Waals surface area contributed by atoms with Crippen LogP contribution in [0.1, 0.15) is 11.4 Å². The minimum atomic E-state index is -0.225. The first kappa shape index (κ1) is 20.0. The molecule has 0 unspecified atom stereocenters. The second kappa shape index (κ2) is 8.97. The smallest absolute Gasteiger partial charge is 0.234 e. The van der Waals surface area contributed by atoms with Crippen molar-refractivity contribution in [3.05, 3.63) is 68.9 Å². The van der Waals surface area contributed by atoms with E-state index in [1.54, 1.807) is 18.2 Å². The van der Waals surface area contributed by atoms with Gasteiger partial charge in [0, 0.05) is 18.5 Å². The number of aromatic nitrogens is 3. The second-order valence-corrected chi connectivity index (χ2v) is 7.89. The molecule has 1 N–H and O–H groups in total. The van der Waals surface area contributed by atoms with Gasteiger partial charge in [0.2, 0.25) is 5.91 Å². The third kappa shape index (κ3) is 5.17. The van der Waals surface area contributed by atoms with Crippen LogP contribution in [0.4, 0.5) is 5.69 Å². The van der Waals surface area contributed by atoms with E-state index in [1.807, 2.05) is 35.9 Å². The number of para-hydroxylation sites is 1. The van der Waals surface area contributed by atoms with Gasteiger partial charge >= 0.3 is 0 Å². The van der Waals surface area contributed by atoms with E-state index in [-0.39, 0.29) is 11.7 Å². The van der Waals surface area contributed by atoms with Gasteiger partial charge in [-0.2, -0.15) is 0 Å². The Bertz CT molecular complexity index is 939. The second-order valence-electron chi connectivity index (χ2n) is 5.69. The van der Waals surface area contributed by atoms with Gasteiger partial charge in [-0.15, -0.1) is 10.2 Å². The van der Waals surface area contributed by atoms with Crippen LogP contribution in [0.15, 0.2) is 47.6 Å². The van der Waals surface area contributed by atoms with Gasteiger partial charge < -0.3 is 9.88 Å². The zero-order valence-electron chi connectivity index (χ0n) is 14.2. The molecule has 3 aromatic rings. The Morgan fingerprint density at radius 2 is 1.74 bits per heavy atom. The standard InChI is InChI=1S/C18H15Cl3N4OS/c1-25-15(9-11-5-7-12(19)8-6-11)23-24-18(25)27-10-16(26)22-17-13(20)3-2-4-14(17)21/h2-8H,9-10H2,1H3,(H,22,26). The Balaban J connectivity index is 1.61. The third-order valence-electron chi connectivity index (χ3n) is 3.76. The summed E-state index contributed by atoms with van der Waals surface area (Å²) in [6, 6.07) is 12.6. The van der Waals surface area contributed by atoms with Crippen LogP contribution in [0, 0.1) is 0 Å². The van der Waals surface area contributed by atoms with Crippen molar-refractivity contribution in [2.75, 3.05) is 11.1 Å². The molecule has 0 saturated heterocycles. The van der Waals surface area contributed by atoms with Crippen molar-refractivity contribution in [2.24, 2.45) is 7.05 Å². The number of hydrogen-bond acceptors (Lipinski definition) is 4. The van der Waals surface area contributed by atoms with E-state index >= 15 is 0 Å². The quantitative estimate of drug-likeness (QED) is 0.541. The van der Waals surface area contributed by atoms with Crippen LogP contribution in [0.2, 0.25) is 15.1 Å². The number of nitrogens with one attached hydrogen (secondary N) is 1. The monoisotopic (exact) mass is 440 g/mol. The SMILES string of the molecule is Cn1c(Cc2ccc(Cl)cc2)nnc1SCC(=O)Nc1c(Cl)cccc1Cl. The highest BCUT2D eigenvalue weighted by Gasteiger charge is 2.14. The van der Waals surface area contributed by atoms with Crippen molar-refractivity contribution in [3.8, 4) is 0 Å². The molecule has 0 atom stereocenters. The lowest BCUT2D eigenvalue weighted by atomic mass is 10.1. The van der Waals surface area contributed by atoms with Gasteiger partial charge in [0.1, 0.15) is 5.82 Å². The van der Waals surface area contributed by atoms with E-state index in [4.69, 9.17) is 34.8 Å². The van der Waals surface area contributed by atoms with E-state index in [0.717, 1.165) is 11.4 Å². The van der Waals surface area contributed by atoms with E-state index in [0.29, 0.717) is 32.3 Å². The Kier molecular flexibility index (Phi) is 6.65. The van der Waals surface area contributed by atoms with Crippen LogP contribution in [0.25, 0.3) is 0 Å². The molecule has 0 bridgehead atoms. The fourth-order valence-electron chi connectivity index (χ4n) is 2.33. The molecule has 3 rings (SSSR count). The lowest BCUT2D eigenvalue weighted by Gasteiger charge is -2.09. The van der Waals surface area contributed by atoms with Crippen molar-refractivity contribution < 1.29 is 4.79 Å². The summed E-state index contributed by atoms with van der Waals surface area (Å²) in [5, 5.41) is 13.2. The van der Waals surface area contributed by atoms with Gasteiger partial charge in [0.15, 0.2) is 5.16 Å². The Labute approximate surface area is 176 Å². The number of amides is 1. The van der Waals surface area contributed by atoms with Crippen molar-refractivity contribution >= 4 is 58.2 Å². The Morgan fingerprint density at radius 1 is 1.07 bits per heavy atom. The number of halogens is 3. The Morgan fingerprint density at radius 3 is 2.41 bits per heavy atom. The van der Waals surface area contributed by atoms with Gasteiger partial charge in [-0.1, -0.05) is 64.8 Å². The molecule has 27 heavy (non-hydrogen) atoms. The first-order valence-electron chi connectivity index (χ1n) is 7.93.